The zero-order chi connectivity index (χ0) is 12.2. The van der Waals surface area contributed by atoms with Gasteiger partial charge in [0.15, 0.2) is 16.8 Å². The summed E-state index contributed by atoms with van der Waals surface area (Å²) in [7, 11) is 0. The summed E-state index contributed by atoms with van der Waals surface area (Å²) in [5, 5.41) is 0.643. The Kier molecular flexibility index (Phi) is 2.43. The third-order valence-corrected chi connectivity index (χ3v) is 3.99. The van der Waals surface area contributed by atoms with Crippen molar-refractivity contribution in [1.82, 2.24) is 9.97 Å². The van der Waals surface area contributed by atoms with Crippen molar-refractivity contribution in [1.29, 1.82) is 0 Å². The summed E-state index contributed by atoms with van der Waals surface area (Å²) < 4.78 is 27.4. The van der Waals surface area contributed by atoms with Gasteiger partial charge < -0.3 is 0 Å². The Bertz CT molecular complexity index is 757. The standard InChI is InChI=1S/C10H2Cl2F2N2S/c11-9-8-7(15-10(12)16-9)3-1-4(13)5(14)2-6(3)17-8/h1-2H. The summed E-state index contributed by atoms with van der Waals surface area (Å²) in [6, 6.07) is 2.20. The van der Waals surface area contributed by atoms with Crippen LogP contribution in [0.4, 0.5) is 8.78 Å². The molecule has 2 heterocycles. The SMILES string of the molecule is Fc1cc2sc3c(Cl)nc(Cl)nc3c2cc1F. The van der Waals surface area contributed by atoms with Gasteiger partial charge in [0.05, 0.1) is 10.2 Å². The minimum atomic E-state index is -0.928. The number of rotatable bonds is 0. The molecule has 0 bridgehead atoms. The highest BCUT2D eigenvalue weighted by Gasteiger charge is 2.14. The van der Waals surface area contributed by atoms with E-state index >= 15 is 0 Å². The van der Waals surface area contributed by atoms with Crippen LogP contribution in [0.5, 0.6) is 0 Å². The predicted octanol–water partition coefficient (Wildman–Crippen LogP) is 4.43. The van der Waals surface area contributed by atoms with Gasteiger partial charge in [-0.3, -0.25) is 0 Å². The molecular weight excluding hydrogens is 289 g/mol. The maximum atomic E-state index is 13.2. The largest absolute Gasteiger partial charge is 0.224 e. The van der Waals surface area contributed by atoms with Crippen LogP contribution in [0.2, 0.25) is 10.4 Å². The molecule has 0 atom stereocenters. The normalized spacial score (nSPS) is 11.5. The van der Waals surface area contributed by atoms with Crippen LogP contribution in [-0.2, 0) is 0 Å². The molecule has 3 rings (SSSR count). The van der Waals surface area contributed by atoms with Gasteiger partial charge in [-0.25, -0.2) is 18.7 Å². The first-order valence-electron chi connectivity index (χ1n) is 4.46. The Hall–Kier alpha value is -1.04. The molecule has 0 spiro atoms. The number of nitrogens with zero attached hydrogens (tertiary/aromatic N) is 2. The molecule has 0 N–H and O–H groups in total. The molecule has 0 aliphatic rings. The van der Waals surface area contributed by atoms with Crippen molar-refractivity contribution in [2.75, 3.05) is 0 Å². The molecule has 1 aromatic carbocycles. The maximum absolute atomic E-state index is 13.2. The van der Waals surface area contributed by atoms with Crippen molar-refractivity contribution >= 4 is 54.8 Å². The third-order valence-electron chi connectivity index (χ3n) is 2.29. The molecule has 0 fully saturated rings. The van der Waals surface area contributed by atoms with Gasteiger partial charge in [-0.1, -0.05) is 11.6 Å². The highest BCUT2D eigenvalue weighted by Crippen LogP contribution is 2.37. The van der Waals surface area contributed by atoms with Gasteiger partial charge in [-0.2, -0.15) is 0 Å². The van der Waals surface area contributed by atoms with Crippen molar-refractivity contribution in [2.24, 2.45) is 0 Å². The molecule has 0 radical (unpaired) electrons. The molecule has 2 aromatic heterocycles. The molecule has 2 nitrogen and oxygen atoms in total. The number of hydrogen-bond donors (Lipinski definition) is 0. The molecule has 0 unspecified atom stereocenters. The topological polar surface area (TPSA) is 25.8 Å². The van der Waals surface area contributed by atoms with E-state index in [0.717, 1.165) is 12.1 Å². The number of thiophene rings is 1. The van der Waals surface area contributed by atoms with Crippen LogP contribution < -0.4 is 0 Å². The van der Waals surface area contributed by atoms with Gasteiger partial charge in [0.25, 0.3) is 0 Å². The Morgan fingerprint density at radius 3 is 2.53 bits per heavy atom. The molecule has 0 aliphatic carbocycles. The van der Waals surface area contributed by atoms with E-state index in [-0.39, 0.29) is 10.4 Å². The van der Waals surface area contributed by atoms with Gasteiger partial charge in [-0.05, 0) is 23.7 Å². The van der Waals surface area contributed by atoms with Crippen LogP contribution >= 0.6 is 34.5 Å². The Morgan fingerprint density at radius 2 is 1.76 bits per heavy atom. The van der Waals surface area contributed by atoms with Gasteiger partial charge in [0.1, 0.15) is 0 Å². The molecule has 0 amide bonds. The monoisotopic (exact) mass is 290 g/mol. The van der Waals surface area contributed by atoms with Gasteiger partial charge in [0, 0.05) is 10.1 Å². The number of fused-ring (bicyclic) bond motifs is 3. The number of aromatic nitrogens is 2. The second kappa shape index (κ2) is 3.73. The van der Waals surface area contributed by atoms with Crippen molar-refractivity contribution in [3.63, 3.8) is 0 Å². The van der Waals surface area contributed by atoms with Crippen molar-refractivity contribution in [3.05, 3.63) is 34.2 Å². The molecular formula is C10H2Cl2F2N2S. The maximum Gasteiger partial charge on any atom is 0.224 e. The molecule has 86 valence electrons. The first-order chi connectivity index (χ1) is 8.06. The Morgan fingerprint density at radius 1 is 1.06 bits per heavy atom. The van der Waals surface area contributed by atoms with Gasteiger partial charge in [0.2, 0.25) is 5.28 Å². The zero-order valence-corrected chi connectivity index (χ0v) is 10.3. The quantitative estimate of drug-likeness (QED) is 0.452. The van der Waals surface area contributed by atoms with Crippen LogP contribution in [-0.4, -0.2) is 9.97 Å². The van der Waals surface area contributed by atoms with Crippen LogP contribution in [0.15, 0.2) is 12.1 Å². The summed E-state index contributed by atoms with van der Waals surface area (Å²) in [6.07, 6.45) is 0. The van der Waals surface area contributed by atoms with E-state index in [1.807, 2.05) is 0 Å². The molecule has 0 aliphatic heterocycles. The zero-order valence-electron chi connectivity index (χ0n) is 7.97. The predicted molar refractivity (Wildman–Crippen MR) is 64.9 cm³/mol. The lowest BCUT2D eigenvalue weighted by Gasteiger charge is -1.95. The fourth-order valence-corrected chi connectivity index (χ4v) is 3.11. The number of hydrogen-bond acceptors (Lipinski definition) is 3. The summed E-state index contributed by atoms with van der Waals surface area (Å²) in [5.41, 5.74) is 0.439. The van der Waals surface area contributed by atoms with E-state index in [4.69, 9.17) is 23.2 Å². The number of benzene rings is 1. The second-order valence-electron chi connectivity index (χ2n) is 3.33. The first kappa shape index (κ1) is 11.1. The lowest BCUT2D eigenvalue weighted by atomic mass is 10.2. The van der Waals surface area contributed by atoms with Gasteiger partial charge in [-0.15, -0.1) is 11.3 Å². The van der Waals surface area contributed by atoms with Crippen molar-refractivity contribution in [3.8, 4) is 0 Å². The highest BCUT2D eigenvalue weighted by atomic mass is 35.5. The van der Waals surface area contributed by atoms with E-state index in [1.165, 1.54) is 11.3 Å². The highest BCUT2D eigenvalue weighted by molar-refractivity contribution is 7.26. The lowest BCUT2D eigenvalue weighted by molar-refractivity contribution is 0.511. The summed E-state index contributed by atoms with van der Waals surface area (Å²) in [4.78, 5) is 7.77. The third kappa shape index (κ3) is 1.66. The molecule has 17 heavy (non-hydrogen) atoms. The van der Waals surface area contributed by atoms with Crippen LogP contribution in [0.25, 0.3) is 20.3 Å². The average molecular weight is 291 g/mol. The summed E-state index contributed by atoms with van der Waals surface area (Å²) in [6.45, 7) is 0. The fraction of sp³-hybridized carbons (Fsp3) is 0. The van der Waals surface area contributed by atoms with Crippen LogP contribution in [0.1, 0.15) is 0 Å². The molecule has 7 heteroatoms. The van der Waals surface area contributed by atoms with E-state index in [9.17, 15) is 8.78 Å². The van der Waals surface area contributed by atoms with Crippen molar-refractivity contribution in [2.45, 2.75) is 0 Å². The Labute approximate surface area is 108 Å². The Balaban J connectivity index is 2.55. The first-order valence-corrected chi connectivity index (χ1v) is 6.04. The summed E-state index contributed by atoms with van der Waals surface area (Å²) in [5.74, 6) is -1.83. The average Bonchev–Trinajstić information content (AvgIpc) is 2.58. The van der Waals surface area contributed by atoms with E-state index in [1.54, 1.807) is 0 Å². The smallest absolute Gasteiger partial charge is 0.216 e. The van der Waals surface area contributed by atoms with Crippen LogP contribution in [0.3, 0.4) is 0 Å². The van der Waals surface area contributed by atoms with Gasteiger partial charge >= 0.3 is 0 Å². The fourth-order valence-electron chi connectivity index (χ4n) is 1.58. The molecule has 0 saturated heterocycles. The minimum Gasteiger partial charge on any atom is -0.216 e. The van der Waals surface area contributed by atoms with E-state index in [0.29, 0.717) is 20.3 Å². The van der Waals surface area contributed by atoms with Crippen molar-refractivity contribution < 1.29 is 8.78 Å². The van der Waals surface area contributed by atoms with Crippen LogP contribution in [0, 0.1) is 11.6 Å². The lowest BCUT2D eigenvalue weighted by Crippen LogP contribution is -1.84. The molecule has 0 saturated carbocycles. The van der Waals surface area contributed by atoms with E-state index < -0.39 is 11.6 Å². The summed E-state index contributed by atoms with van der Waals surface area (Å²) >= 11 is 12.8. The second-order valence-corrected chi connectivity index (χ2v) is 5.07. The van der Waals surface area contributed by atoms with E-state index in [2.05, 4.69) is 9.97 Å². The molecule has 3 aromatic rings. The minimum absolute atomic E-state index is 0.0214. The number of halogens is 4.